The quantitative estimate of drug-likeness (QED) is 0.420. The minimum atomic E-state index is -0.214. The van der Waals surface area contributed by atoms with E-state index in [0.29, 0.717) is 6.54 Å². The topological polar surface area (TPSA) is 46.3 Å². The van der Waals surface area contributed by atoms with Crippen molar-refractivity contribution in [2.45, 2.75) is 20.3 Å². The van der Waals surface area contributed by atoms with Crippen LogP contribution in [-0.2, 0) is 4.79 Å². The van der Waals surface area contributed by atoms with Crippen molar-refractivity contribution in [2.24, 2.45) is 11.3 Å². The minimum Gasteiger partial charge on any atom is -0.280 e. The molecule has 0 spiro atoms. The van der Waals surface area contributed by atoms with Gasteiger partial charge in [0.1, 0.15) is 0 Å². The van der Waals surface area contributed by atoms with E-state index in [0.717, 1.165) is 6.42 Å². The number of amides is 1. The molecule has 1 amide bonds. The third kappa shape index (κ3) is 1.41. The predicted molar refractivity (Wildman–Crippen MR) is 41.5 cm³/mol. The summed E-state index contributed by atoms with van der Waals surface area (Å²) in [5, 5.41) is 1.29. The summed E-state index contributed by atoms with van der Waals surface area (Å²) < 4.78 is 0. The van der Waals surface area contributed by atoms with Gasteiger partial charge in [0, 0.05) is 12.0 Å². The minimum absolute atomic E-state index is 0. The van der Waals surface area contributed by atoms with Crippen molar-refractivity contribution in [3.8, 4) is 0 Å². The number of nitrogens with zero attached hydrogens (tertiary/aromatic N) is 1. The van der Waals surface area contributed by atoms with Crippen LogP contribution in [-0.4, -0.2) is 17.5 Å². The molecule has 0 unspecified atom stereocenters. The largest absolute Gasteiger partial charge is 0.280 e. The Balaban J connectivity index is 0.000000810. The molecule has 2 N–H and O–H groups in total. The standard InChI is InChI=1S/C6H12N2O.ClH/c1-6(2)3-4-8(7)5(6)9;/h3-4,7H2,1-2H3;1H. The van der Waals surface area contributed by atoms with Crippen molar-refractivity contribution in [2.75, 3.05) is 6.54 Å². The van der Waals surface area contributed by atoms with E-state index in [1.165, 1.54) is 5.01 Å². The summed E-state index contributed by atoms with van der Waals surface area (Å²) in [5.74, 6) is 5.40. The van der Waals surface area contributed by atoms with Gasteiger partial charge in [0.25, 0.3) is 0 Å². The van der Waals surface area contributed by atoms with Crippen molar-refractivity contribution in [1.29, 1.82) is 0 Å². The first-order valence-electron chi connectivity index (χ1n) is 3.11. The molecule has 0 aromatic rings. The molecular formula is C6H13ClN2O. The number of hydrogen-bond donors (Lipinski definition) is 1. The molecule has 3 nitrogen and oxygen atoms in total. The summed E-state index contributed by atoms with van der Waals surface area (Å²) in [6, 6.07) is 0. The maximum Gasteiger partial charge on any atom is 0.242 e. The van der Waals surface area contributed by atoms with E-state index in [4.69, 9.17) is 5.84 Å². The number of rotatable bonds is 0. The number of carbonyl (C=O) groups is 1. The van der Waals surface area contributed by atoms with Gasteiger partial charge in [0.05, 0.1) is 0 Å². The third-order valence-corrected chi connectivity index (χ3v) is 1.82. The molecule has 1 fully saturated rings. The lowest BCUT2D eigenvalue weighted by Gasteiger charge is -2.13. The van der Waals surface area contributed by atoms with E-state index >= 15 is 0 Å². The molecule has 1 heterocycles. The molecule has 0 atom stereocenters. The Labute approximate surface area is 66.9 Å². The zero-order valence-electron chi connectivity index (χ0n) is 6.26. The Morgan fingerprint density at radius 2 is 2.10 bits per heavy atom. The Kier molecular flexibility index (Phi) is 2.68. The van der Waals surface area contributed by atoms with Crippen LogP contribution in [0.1, 0.15) is 20.3 Å². The van der Waals surface area contributed by atoms with Gasteiger partial charge in [0.2, 0.25) is 5.91 Å². The molecule has 60 valence electrons. The Hall–Kier alpha value is -0.280. The lowest BCUT2D eigenvalue weighted by Crippen LogP contribution is -2.36. The summed E-state index contributed by atoms with van der Waals surface area (Å²) in [5.41, 5.74) is -0.214. The normalized spacial score (nSPS) is 22.7. The van der Waals surface area contributed by atoms with Crippen LogP contribution in [0.3, 0.4) is 0 Å². The highest BCUT2D eigenvalue weighted by molar-refractivity contribution is 5.85. The van der Waals surface area contributed by atoms with E-state index in [1.807, 2.05) is 13.8 Å². The van der Waals surface area contributed by atoms with Crippen LogP contribution in [0.25, 0.3) is 0 Å². The molecule has 1 saturated heterocycles. The fourth-order valence-corrected chi connectivity index (χ4v) is 0.997. The Bertz CT molecular complexity index is 147. The molecule has 0 aromatic carbocycles. The molecule has 0 aliphatic carbocycles. The molecule has 0 bridgehead atoms. The number of carbonyl (C=O) groups excluding carboxylic acids is 1. The summed E-state index contributed by atoms with van der Waals surface area (Å²) in [6.07, 6.45) is 0.877. The summed E-state index contributed by atoms with van der Waals surface area (Å²) >= 11 is 0. The zero-order chi connectivity index (χ0) is 7.07. The highest BCUT2D eigenvalue weighted by atomic mass is 35.5. The van der Waals surface area contributed by atoms with E-state index in [-0.39, 0.29) is 23.7 Å². The molecule has 1 rings (SSSR count). The van der Waals surface area contributed by atoms with Gasteiger partial charge in [-0.15, -0.1) is 12.4 Å². The third-order valence-electron chi connectivity index (χ3n) is 1.82. The lowest BCUT2D eigenvalue weighted by molar-refractivity contribution is -0.134. The fourth-order valence-electron chi connectivity index (χ4n) is 0.997. The molecule has 0 radical (unpaired) electrons. The first-order valence-corrected chi connectivity index (χ1v) is 3.11. The summed E-state index contributed by atoms with van der Waals surface area (Å²) in [7, 11) is 0. The van der Waals surface area contributed by atoms with Crippen LogP contribution < -0.4 is 5.84 Å². The Morgan fingerprint density at radius 3 is 2.20 bits per heavy atom. The van der Waals surface area contributed by atoms with Gasteiger partial charge in [-0.25, -0.2) is 5.84 Å². The van der Waals surface area contributed by atoms with Crippen LogP contribution in [0.15, 0.2) is 0 Å². The highest BCUT2D eigenvalue weighted by Crippen LogP contribution is 2.27. The first-order chi connectivity index (χ1) is 4.04. The van der Waals surface area contributed by atoms with Gasteiger partial charge in [0.15, 0.2) is 0 Å². The van der Waals surface area contributed by atoms with E-state index < -0.39 is 0 Å². The smallest absolute Gasteiger partial charge is 0.242 e. The molecule has 4 heteroatoms. The summed E-state index contributed by atoms with van der Waals surface area (Å²) in [6.45, 7) is 4.54. The van der Waals surface area contributed by atoms with Crippen LogP contribution in [0.2, 0.25) is 0 Å². The van der Waals surface area contributed by atoms with Crippen LogP contribution in [0.5, 0.6) is 0 Å². The maximum absolute atomic E-state index is 11.0. The molecule has 10 heavy (non-hydrogen) atoms. The second kappa shape index (κ2) is 2.76. The lowest BCUT2D eigenvalue weighted by atomic mass is 9.92. The van der Waals surface area contributed by atoms with Gasteiger partial charge in [-0.1, -0.05) is 13.8 Å². The van der Waals surface area contributed by atoms with Gasteiger partial charge in [-0.05, 0) is 6.42 Å². The van der Waals surface area contributed by atoms with E-state index in [9.17, 15) is 4.79 Å². The van der Waals surface area contributed by atoms with Gasteiger partial charge < -0.3 is 0 Å². The number of hydrazine groups is 1. The van der Waals surface area contributed by atoms with Crippen LogP contribution in [0, 0.1) is 5.41 Å². The first kappa shape index (κ1) is 9.72. The van der Waals surface area contributed by atoms with Crippen LogP contribution in [0.4, 0.5) is 0 Å². The highest BCUT2D eigenvalue weighted by Gasteiger charge is 2.36. The fraction of sp³-hybridized carbons (Fsp3) is 0.833. The summed E-state index contributed by atoms with van der Waals surface area (Å²) in [4.78, 5) is 11.0. The van der Waals surface area contributed by atoms with Gasteiger partial charge in [-0.2, -0.15) is 0 Å². The van der Waals surface area contributed by atoms with Gasteiger partial charge >= 0.3 is 0 Å². The van der Waals surface area contributed by atoms with Crippen molar-refractivity contribution in [3.05, 3.63) is 0 Å². The SMILES string of the molecule is CC1(C)CCN(N)C1=O.Cl. The van der Waals surface area contributed by atoms with Crippen LogP contribution >= 0.6 is 12.4 Å². The number of halogens is 1. The predicted octanol–water partition coefficient (Wildman–Crippen LogP) is 0.540. The average Bonchev–Trinajstić information content (AvgIpc) is 1.97. The van der Waals surface area contributed by atoms with Gasteiger partial charge in [-0.3, -0.25) is 9.80 Å². The Morgan fingerprint density at radius 1 is 1.60 bits per heavy atom. The molecule has 0 saturated carbocycles. The molecule has 0 aromatic heterocycles. The second-order valence-electron chi connectivity index (χ2n) is 3.13. The number of hydrogen-bond acceptors (Lipinski definition) is 2. The van der Waals surface area contributed by atoms with Crippen molar-refractivity contribution < 1.29 is 4.79 Å². The monoisotopic (exact) mass is 164 g/mol. The molecule has 1 aliphatic rings. The van der Waals surface area contributed by atoms with Crippen molar-refractivity contribution in [3.63, 3.8) is 0 Å². The maximum atomic E-state index is 11.0. The van der Waals surface area contributed by atoms with E-state index in [2.05, 4.69) is 0 Å². The zero-order valence-corrected chi connectivity index (χ0v) is 7.07. The van der Waals surface area contributed by atoms with Crippen molar-refractivity contribution >= 4 is 18.3 Å². The van der Waals surface area contributed by atoms with Crippen molar-refractivity contribution in [1.82, 2.24) is 5.01 Å². The average molecular weight is 165 g/mol. The van der Waals surface area contributed by atoms with E-state index in [1.54, 1.807) is 0 Å². The molecule has 1 aliphatic heterocycles. The number of nitrogens with two attached hydrogens (primary N) is 1. The molecular weight excluding hydrogens is 152 g/mol. The second-order valence-corrected chi connectivity index (χ2v) is 3.13.